The van der Waals surface area contributed by atoms with Gasteiger partial charge < -0.3 is 0 Å². The topological polar surface area (TPSA) is 0 Å². The highest BCUT2D eigenvalue weighted by atomic mass is 31.0. The average molecular weight is 186 g/mol. The van der Waals surface area contributed by atoms with Crippen molar-refractivity contribution in [1.29, 1.82) is 0 Å². The maximum Gasteiger partial charge on any atom is -0.0346 e. The molecular weight excluding hydrogens is 163 g/mol. The van der Waals surface area contributed by atoms with Crippen molar-refractivity contribution in [3.8, 4) is 0 Å². The molecule has 0 amide bonds. The molecule has 1 rings (SSSR count). The third kappa shape index (κ3) is 2.73. The Labute approximate surface area is 79.7 Å². The molecular formula is C11H23P. The second-order valence-electron chi connectivity index (χ2n) is 6.02. The molecule has 1 fully saturated rings. The summed E-state index contributed by atoms with van der Waals surface area (Å²) in [6.45, 7) is 9.67. The molecule has 12 heavy (non-hydrogen) atoms. The fourth-order valence-corrected chi connectivity index (χ4v) is 3.57. The fraction of sp³-hybridized carbons (Fsp3) is 1.00. The molecule has 0 heterocycles. The van der Waals surface area contributed by atoms with Gasteiger partial charge in [-0.1, -0.05) is 27.7 Å². The Morgan fingerprint density at radius 1 is 1.08 bits per heavy atom. The molecule has 0 spiro atoms. The van der Waals surface area contributed by atoms with Gasteiger partial charge >= 0.3 is 0 Å². The lowest BCUT2D eigenvalue weighted by Gasteiger charge is -2.44. The van der Waals surface area contributed by atoms with E-state index in [-0.39, 0.29) is 0 Å². The van der Waals surface area contributed by atoms with Gasteiger partial charge in [0.1, 0.15) is 0 Å². The molecule has 72 valence electrons. The van der Waals surface area contributed by atoms with Crippen molar-refractivity contribution >= 4 is 9.24 Å². The summed E-state index contributed by atoms with van der Waals surface area (Å²) in [5.74, 6) is 0.939. The van der Waals surface area contributed by atoms with Gasteiger partial charge in [0, 0.05) is 0 Å². The van der Waals surface area contributed by atoms with Crippen LogP contribution in [0.4, 0.5) is 0 Å². The average Bonchev–Trinajstić information content (AvgIpc) is 1.80. The summed E-state index contributed by atoms with van der Waals surface area (Å²) < 4.78 is 0. The molecule has 0 nitrogen and oxygen atoms in total. The highest BCUT2D eigenvalue weighted by Gasteiger charge is 2.37. The van der Waals surface area contributed by atoms with Gasteiger partial charge in [0.25, 0.3) is 0 Å². The van der Waals surface area contributed by atoms with Crippen molar-refractivity contribution in [3.63, 3.8) is 0 Å². The molecule has 0 radical (unpaired) electrons. The Hall–Kier alpha value is 0.430. The lowest BCUT2D eigenvalue weighted by Crippen LogP contribution is -2.34. The van der Waals surface area contributed by atoms with Gasteiger partial charge in [-0.05, 0) is 42.2 Å². The SMILES string of the molecule is CC1(C)CC(CP)CC(C)(C)C1. The van der Waals surface area contributed by atoms with Crippen LogP contribution in [-0.4, -0.2) is 6.16 Å². The third-order valence-corrected chi connectivity index (χ3v) is 3.64. The first-order chi connectivity index (χ1) is 5.35. The lowest BCUT2D eigenvalue weighted by molar-refractivity contribution is 0.0772. The molecule has 1 aliphatic rings. The molecule has 0 aromatic heterocycles. The van der Waals surface area contributed by atoms with Gasteiger partial charge in [-0.15, -0.1) is 9.24 Å². The van der Waals surface area contributed by atoms with Crippen LogP contribution in [-0.2, 0) is 0 Å². The maximum absolute atomic E-state index is 2.90. The van der Waals surface area contributed by atoms with E-state index < -0.39 is 0 Å². The normalized spacial score (nSPS) is 28.8. The van der Waals surface area contributed by atoms with E-state index >= 15 is 0 Å². The molecule has 1 unspecified atom stereocenters. The first-order valence-electron chi connectivity index (χ1n) is 5.05. The van der Waals surface area contributed by atoms with Gasteiger partial charge in [-0.25, -0.2) is 0 Å². The molecule has 0 aromatic rings. The standard InChI is InChI=1S/C11H23P/c1-10(2)5-9(7-12)6-11(3,4)8-10/h9H,5-8,12H2,1-4H3. The molecule has 1 aliphatic carbocycles. The molecule has 1 saturated carbocycles. The predicted molar refractivity (Wildman–Crippen MR) is 59.5 cm³/mol. The van der Waals surface area contributed by atoms with E-state index in [0.29, 0.717) is 10.8 Å². The summed E-state index contributed by atoms with van der Waals surface area (Å²) in [7, 11) is 2.90. The van der Waals surface area contributed by atoms with Crippen LogP contribution in [0.15, 0.2) is 0 Å². The lowest BCUT2D eigenvalue weighted by atomic mass is 9.62. The summed E-state index contributed by atoms with van der Waals surface area (Å²) in [6.07, 6.45) is 5.51. The van der Waals surface area contributed by atoms with E-state index in [1.807, 2.05) is 0 Å². The van der Waals surface area contributed by atoms with Gasteiger partial charge in [0.2, 0.25) is 0 Å². The van der Waals surface area contributed by atoms with Crippen LogP contribution >= 0.6 is 9.24 Å². The van der Waals surface area contributed by atoms with Gasteiger partial charge in [-0.2, -0.15) is 0 Å². The highest BCUT2D eigenvalue weighted by Crippen LogP contribution is 2.48. The van der Waals surface area contributed by atoms with Crippen LogP contribution in [0.2, 0.25) is 0 Å². The Balaban J connectivity index is 2.66. The molecule has 0 aliphatic heterocycles. The monoisotopic (exact) mass is 186 g/mol. The summed E-state index contributed by atoms with van der Waals surface area (Å²) in [6, 6.07) is 0. The molecule has 1 atom stereocenters. The Kier molecular flexibility index (Phi) is 2.88. The van der Waals surface area contributed by atoms with Crippen LogP contribution in [0.25, 0.3) is 0 Å². The van der Waals surface area contributed by atoms with Crippen molar-refractivity contribution in [2.75, 3.05) is 6.16 Å². The second kappa shape index (κ2) is 3.29. The van der Waals surface area contributed by atoms with Gasteiger partial charge in [0.15, 0.2) is 0 Å². The van der Waals surface area contributed by atoms with Crippen molar-refractivity contribution in [2.24, 2.45) is 16.7 Å². The van der Waals surface area contributed by atoms with E-state index in [4.69, 9.17) is 0 Å². The largest absolute Gasteiger partial charge is 0.137 e. The van der Waals surface area contributed by atoms with Crippen molar-refractivity contribution in [2.45, 2.75) is 47.0 Å². The molecule has 0 aromatic carbocycles. The second-order valence-corrected chi connectivity index (χ2v) is 6.49. The van der Waals surface area contributed by atoms with E-state index in [0.717, 1.165) is 5.92 Å². The minimum Gasteiger partial charge on any atom is -0.137 e. The number of hydrogen-bond acceptors (Lipinski definition) is 0. The van der Waals surface area contributed by atoms with E-state index in [2.05, 4.69) is 36.9 Å². The van der Waals surface area contributed by atoms with Gasteiger partial charge in [0.05, 0.1) is 0 Å². The minimum atomic E-state index is 0.572. The zero-order chi connectivity index (χ0) is 9.41. The fourth-order valence-electron chi connectivity index (χ4n) is 3.24. The third-order valence-electron chi connectivity index (χ3n) is 2.97. The predicted octanol–water partition coefficient (Wildman–Crippen LogP) is 3.71. The van der Waals surface area contributed by atoms with Crippen LogP contribution in [0, 0.1) is 16.7 Å². The smallest absolute Gasteiger partial charge is 0.0346 e. The highest BCUT2D eigenvalue weighted by molar-refractivity contribution is 7.16. The van der Waals surface area contributed by atoms with E-state index in [1.165, 1.54) is 25.4 Å². The van der Waals surface area contributed by atoms with Crippen molar-refractivity contribution < 1.29 is 0 Å². The Morgan fingerprint density at radius 2 is 1.50 bits per heavy atom. The van der Waals surface area contributed by atoms with Crippen LogP contribution in [0.5, 0.6) is 0 Å². The molecule has 0 N–H and O–H groups in total. The first-order valence-corrected chi connectivity index (χ1v) is 5.86. The van der Waals surface area contributed by atoms with Gasteiger partial charge in [-0.3, -0.25) is 0 Å². The Bertz CT molecular complexity index is 142. The Morgan fingerprint density at radius 3 is 1.83 bits per heavy atom. The quantitative estimate of drug-likeness (QED) is 0.547. The van der Waals surface area contributed by atoms with Crippen molar-refractivity contribution in [3.05, 3.63) is 0 Å². The number of hydrogen-bond donors (Lipinski definition) is 0. The summed E-state index contributed by atoms with van der Waals surface area (Å²) in [5, 5.41) is 0. The zero-order valence-corrected chi connectivity index (χ0v) is 10.1. The molecule has 1 heteroatoms. The maximum atomic E-state index is 2.90. The molecule has 0 saturated heterocycles. The first kappa shape index (κ1) is 10.5. The van der Waals surface area contributed by atoms with Crippen LogP contribution in [0.3, 0.4) is 0 Å². The minimum absolute atomic E-state index is 0.572. The summed E-state index contributed by atoms with van der Waals surface area (Å²) >= 11 is 0. The van der Waals surface area contributed by atoms with Crippen LogP contribution < -0.4 is 0 Å². The van der Waals surface area contributed by atoms with E-state index in [1.54, 1.807) is 0 Å². The van der Waals surface area contributed by atoms with Crippen LogP contribution in [0.1, 0.15) is 47.0 Å². The zero-order valence-electron chi connectivity index (χ0n) is 8.98. The summed E-state index contributed by atoms with van der Waals surface area (Å²) in [4.78, 5) is 0. The molecule has 0 bridgehead atoms. The van der Waals surface area contributed by atoms with E-state index in [9.17, 15) is 0 Å². The van der Waals surface area contributed by atoms with Crippen molar-refractivity contribution in [1.82, 2.24) is 0 Å². The number of rotatable bonds is 1. The summed E-state index contributed by atoms with van der Waals surface area (Å²) in [5.41, 5.74) is 1.14.